The molecule has 0 amide bonds. The number of benzene rings is 1. The summed E-state index contributed by atoms with van der Waals surface area (Å²) >= 11 is 1.44. The van der Waals surface area contributed by atoms with E-state index >= 15 is 0 Å². The zero-order valence-corrected chi connectivity index (χ0v) is 14.7. The molecule has 1 aliphatic heterocycles. The molecule has 0 bridgehead atoms. The van der Waals surface area contributed by atoms with E-state index in [1.54, 1.807) is 19.2 Å². The van der Waals surface area contributed by atoms with Crippen molar-refractivity contribution in [2.75, 3.05) is 17.9 Å². The fourth-order valence-electron chi connectivity index (χ4n) is 2.76. The van der Waals surface area contributed by atoms with E-state index in [9.17, 15) is 10.1 Å². The Bertz CT molecular complexity index is 1040. The molecule has 4 rings (SSSR count). The minimum absolute atomic E-state index is 0.0131. The summed E-state index contributed by atoms with van der Waals surface area (Å²) in [7, 11) is 1.62. The van der Waals surface area contributed by atoms with Crippen LogP contribution in [-0.4, -0.2) is 22.5 Å². The molecular weight excluding hydrogens is 352 g/mol. The van der Waals surface area contributed by atoms with E-state index in [4.69, 9.17) is 9.15 Å². The lowest BCUT2D eigenvalue weighted by Crippen LogP contribution is -2.38. The Morgan fingerprint density at radius 2 is 2.12 bits per heavy atom. The third-order valence-electron chi connectivity index (χ3n) is 4.10. The number of nitrogens with zero attached hydrogens (tertiary/aromatic N) is 4. The highest BCUT2D eigenvalue weighted by atomic mass is 32.2. The van der Waals surface area contributed by atoms with Crippen molar-refractivity contribution >= 4 is 17.4 Å². The standard InChI is InChI=1S/C18H14N4O3S/c1-24-13-6-4-12(5-7-13)21-10-22-17(23)14(9-19)16(15-3-2-8-25-15)20-18(22)26-11-21/h2-8H,10-11H2,1H3. The number of thioether (sulfide) groups is 1. The molecule has 0 atom stereocenters. The third-order valence-corrected chi connectivity index (χ3v) is 5.11. The average Bonchev–Trinajstić information content (AvgIpc) is 3.22. The Morgan fingerprint density at radius 1 is 1.31 bits per heavy atom. The van der Waals surface area contributed by atoms with Crippen molar-refractivity contribution in [2.24, 2.45) is 0 Å². The number of ether oxygens (including phenoxy) is 1. The fraction of sp³-hybridized carbons (Fsp3) is 0.167. The number of aromatic nitrogens is 2. The normalized spacial score (nSPS) is 13.2. The first-order valence-corrected chi connectivity index (χ1v) is 8.80. The summed E-state index contributed by atoms with van der Waals surface area (Å²) in [6, 6.07) is 13.0. The fourth-order valence-corrected chi connectivity index (χ4v) is 3.71. The molecule has 0 unspecified atom stereocenters. The summed E-state index contributed by atoms with van der Waals surface area (Å²) in [4.78, 5) is 19.4. The number of nitriles is 1. The number of furan rings is 1. The van der Waals surface area contributed by atoms with Crippen LogP contribution in [0.2, 0.25) is 0 Å². The van der Waals surface area contributed by atoms with Crippen LogP contribution in [-0.2, 0) is 6.67 Å². The molecule has 0 radical (unpaired) electrons. The predicted octanol–water partition coefficient (Wildman–Crippen LogP) is 2.91. The second-order valence-electron chi connectivity index (χ2n) is 5.59. The summed E-state index contributed by atoms with van der Waals surface area (Å²) in [5, 5.41) is 10.0. The van der Waals surface area contributed by atoms with Gasteiger partial charge in [0.25, 0.3) is 5.56 Å². The summed E-state index contributed by atoms with van der Waals surface area (Å²) < 4.78 is 12.0. The maximum atomic E-state index is 12.8. The number of rotatable bonds is 3. The Kier molecular flexibility index (Phi) is 4.14. The second kappa shape index (κ2) is 6.61. The molecule has 1 aliphatic rings. The van der Waals surface area contributed by atoms with Gasteiger partial charge in [-0.05, 0) is 36.4 Å². The molecule has 0 fully saturated rings. The van der Waals surface area contributed by atoms with Crippen LogP contribution in [0, 0.1) is 11.3 Å². The Morgan fingerprint density at radius 3 is 2.77 bits per heavy atom. The maximum Gasteiger partial charge on any atom is 0.274 e. The van der Waals surface area contributed by atoms with Crippen molar-refractivity contribution in [1.82, 2.24) is 9.55 Å². The quantitative estimate of drug-likeness (QED) is 0.659. The van der Waals surface area contributed by atoms with Gasteiger partial charge in [-0.15, -0.1) is 0 Å². The van der Waals surface area contributed by atoms with Crippen LogP contribution < -0.4 is 15.2 Å². The van der Waals surface area contributed by atoms with E-state index in [-0.39, 0.29) is 11.1 Å². The number of anilines is 1. The first-order valence-electron chi connectivity index (χ1n) is 7.82. The van der Waals surface area contributed by atoms with Gasteiger partial charge in [0.1, 0.15) is 29.7 Å². The Hall–Kier alpha value is -3.18. The van der Waals surface area contributed by atoms with E-state index in [0.29, 0.717) is 29.2 Å². The van der Waals surface area contributed by atoms with Gasteiger partial charge in [0.15, 0.2) is 10.9 Å². The van der Waals surface area contributed by atoms with Gasteiger partial charge in [0.2, 0.25) is 0 Å². The van der Waals surface area contributed by atoms with Crippen molar-refractivity contribution in [3.05, 3.63) is 58.6 Å². The molecular formula is C18H14N4O3S. The number of hydrogen-bond donors (Lipinski definition) is 0. The van der Waals surface area contributed by atoms with Crippen molar-refractivity contribution in [3.63, 3.8) is 0 Å². The van der Waals surface area contributed by atoms with Crippen molar-refractivity contribution in [2.45, 2.75) is 11.8 Å². The van der Waals surface area contributed by atoms with E-state index in [0.717, 1.165) is 11.4 Å². The van der Waals surface area contributed by atoms with Crippen molar-refractivity contribution < 1.29 is 9.15 Å². The lowest BCUT2D eigenvalue weighted by Gasteiger charge is -2.30. The second-order valence-corrected chi connectivity index (χ2v) is 6.51. The summed E-state index contributed by atoms with van der Waals surface area (Å²) in [6.45, 7) is 0.327. The van der Waals surface area contributed by atoms with Gasteiger partial charge in [-0.3, -0.25) is 9.36 Å². The molecule has 0 spiro atoms. The highest BCUT2D eigenvalue weighted by Crippen LogP contribution is 2.30. The lowest BCUT2D eigenvalue weighted by molar-refractivity contribution is 0.414. The van der Waals surface area contributed by atoms with Crippen LogP contribution in [0.25, 0.3) is 11.5 Å². The molecule has 0 aliphatic carbocycles. The smallest absolute Gasteiger partial charge is 0.274 e. The average molecular weight is 366 g/mol. The molecule has 3 heterocycles. The maximum absolute atomic E-state index is 12.8. The topological polar surface area (TPSA) is 84.3 Å². The van der Waals surface area contributed by atoms with Crippen LogP contribution in [0.4, 0.5) is 5.69 Å². The molecule has 26 heavy (non-hydrogen) atoms. The first kappa shape index (κ1) is 16.3. The molecule has 0 N–H and O–H groups in total. The van der Waals surface area contributed by atoms with Gasteiger partial charge in [0.05, 0.1) is 19.2 Å². The molecule has 8 heteroatoms. The molecule has 3 aromatic rings. The van der Waals surface area contributed by atoms with E-state index in [1.165, 1.54) is 22.6 Å². The van der Waals surface area contributed by atoms with Crippen LogP contribution in [0.3, 0.4) is 0 Å². The van der Waals surface area contributed by atoms with E-state index in [1.807, 2.05) is 35.2 Å². The number of fused-ring (bicyclic) bond motifs is 1. The van der Waals surface area contributed by atoms with E-state index in [2.05, 4.69) is 4.98 Å². The lowest BCUT2D eigenvalue weighted by atomic mass is 10.2. The summed E-state index contributed by atoms with van der Waals surface area (Å²) in [5.74, 6) is 1.83. The molecule has 7 nitrogen and oxygen atoms in total. The minimum atomic E-state index is -0.366. The third kappa shape index (κ3) is 2.72. The zero-order chi connectivity index (χ0) is 18.1. The first-order chi connectivity index (χ1) is 12.7. The highest BCUT2D eigenvalue weighted by Gasteiger charge is 2.24. The van der Waals surface area contributed by atoms with Crippen LogP contribution in [0.1, 0.15) is 5.56 Å². The Balaban J connectivity index is 1.73. The van der Waals surface area contributed by atoms with Gasteiger partial charge in [-0.25, -0.2) is 4.98 Å². The van der Waals surface area contributed by atoms with Crippen molar-refractivity contribution in [1.29, 1.82) is 5.26 Å². The van der Waals surface area contributed by atoms with Crippen LogP contribution in [0.5, 0.6) is 5.75 Å². The van der Waals surface area contributed by atoms with Crippen molar-refractivity contribution in [3.8, 4) is 23.3 Å². The molecule has 130 valence electrons. The molecule has 1 aromatic carbocycles. The van der Waals surface area contributed by atoms with E-state index < -0.39 is 0 Å². The molecule has 0 saturated heterocycles. The summed E-state index contributed by atoms with van der Waals surface area (Å²) in [6.07, 6.45) is 1.49. The zero-order valence-electron chi connectivity index (χ0n) is 13.9. The van der Waals surface area contributed by atoms with Crippen LogP contribution >= 0.6 is 11.8 Å². The molecule has 2 aromatic heterocycles. The summed E-state index contributed by atoms with van der Waals surface area (Å²) in [5.41, 5.74) is 0.874. The monoisotopic (exact) mass is 366 g/mol. The van der Waals surface area contributed by atoms with Gasteiger partial charge in [-0.2, -0.15) is 5.26 Å². The van der Waals surface area contributed by atoms with Gasteiger partial charge >= 0.3 is 0 Å². The molecule has 0 saturated carbocycles. The minimum Gasteiger partial charge on any atom is -0.497 e. The van der Waals surface area contributed by atoms with Gasteiger partial charge < -0.3 is 14.1 Å². The number of methoxy groups -OCH3 is 1. The predicted molar refractivity (Wildman–Crippen MR) is 97.1 cm³/mol. The Labute approximate surface area is 153 Å². The highest BCUT2D eigenvalue weighted by molar-refractivity contribution is 7.99. The number of hydrogen-bond acceptors (Lipinski definition) is 7. The SMILES string of the molecule is COc1ccc(N2CSc3nc(-c4ccco4)c(C#N)c(=O)n3C2)cc1. The van der Waals surface area contributed by atoms with Gasteiger partial charge in [0, 0.05) is 5.69 Å². The van der Waals surface area contributed by atoms with Crippen LogP contribution in [0.15, 0.2) is 57.0 Å². The largest absolute Gasteiger partial charge is 0.497 e. The van der Waals surface area contributed by atoms with Gasteiger partial charge in [-0.1, -0.05) is 11.8 Å².